The summed E-state index contributed by atoms with van der Waals surface area (Å²) >= 11 is 1.53. The Morgan fingerprint density at radius 3 is 2.63 bits per heavy atom. The van der Waals surface area contributed by atoms with E-state index in [1.807, 2.05) is 31.2 Å². The second-order valence-electron chi connectivity index (χ2n) is 4.36. The van der Waals surface area contributed by atoms with Gasteiger partial charge >= 0.3 is 0 Å². The van der Waals surface area contributed by atoms with Crippen molar-refractivity contribution >= 4 is 21.4 Å². The first-order chi connectivity index (χ1) is 9.05. The Bertz CT molecular complexity index is 605. The minimum atomic E-state index is -3.27. The molecule has 1 heterocycles. The van der Waals surface area contributed by atoms with E-state index in [-0.39, 0.29) is 5.75 Å². The molecule has 0 aliphatic carbocycles. The number of benzene rings is 1. The molecule has 4 nitrogen and oxygen atoms in total. The number of sulfonamides is 1. The highest BCUT2D eigenvalue weighted by Gasteiger charge is 2.10. The highest BCUT2D eigenvalue weighted by atomic mass is 32.2. The van der Waals surface area contributed by atoms with Gasteiger partial charge in [0.1, 0.15) is 0 Å². The number of aryl methyl sites for hydroxylation is 1. The summed E-state index contributed by atoms with van der Waals surface area (Å²) in [5.41, 5.74) is 3.67. The molecule has 0 saturated carbocycles. The Kier molecular flexibility index (Phi) is 4.68. The lowest BCUT2D eigenvalue weighted by molar-refractivity contribution is 0.581. The van der Waals surface area contributed by atoms with Crippen LogP contribution in [0.4, 0.5) is 0 Å². The van der Waals surface area contributed by atoms with Crippen molar-refractivity contribution in [3.05, 3.63) is 52.0 Å². The Morgan fingerprint density at radius 2 is 2.00 bits per heavy atom. The smallest absolute Gasteiger partial charge is 0.215 e. The van der Waals surface area contributed by atoms with E-state index in [1.54, 1.807) is 11.7 Å². The van der Waals surface area contributed by atoms with Gasteiger partial charge in [-0.15, -0.1) is 11.3 Å². The molecular weight excluding hydrogens is 280 g/mol. The van der Waals surface area contributed by atoms with E-state index in [0.29, 0.717) is 13.0 Å². The molecule has 0 aliphatic rings. The average molecular weight is 296 g/mol. The molecule has 0 saturated heterocycles. The number of nitrogens with one attached hydrogen (secondary N) is 1. The molecule has 0 aliphatic heterocycles. The molecule has 2 rings (SSSR count). The predicted molar refractivity (Wildman–Crippen MR) is 77.6 cm³/mol. The third-order valence-corrected chi connectivity index (χ3v) is 4.85. The van der Waals surface area contributed by atoms with E-state index < -0.39 is 10.0 Å². The molecule has 0 radical (unpaired) electrons. The second-order valence-corrected chi connectivity index (χ2v) is 7.13. The molecule has 0 fully saturated rings. The van der Waals surface area contributed by atoms with E-state index in [0.717, 1.165) is 16.0 Å². The number of thiazole rings is 1. The van der Waals surface area contributed by atoms with Crippen LogP contribution in [0.15, 0.2) is 36.0 Å². The normalized spacial score (nSPS) is 11.6. The largest absolute Gasteiger partial charge is 0.253 e. The van der Waals surface area contributed by atoms with Gasteiger partial charge in [-0.1, -0.05) is 29.8 Å². The lowest BCUT2D eigenvalue weighted by Crippen LogP contribution is -2.27. The Balaban J connectivity index is 1.86. The summed E-state index contributed by atoms with van der Waals surface area (Å²) in [6.07, 6.45) is 2.44. The van der Waals surface area contributed by atoms with Crippen LogP contribution in [0.5, 0.6) is 0 Å². The summed E-state index contributed by atoms with van der Waals surface area (Å²) in [5.74, 6) is 0.0238. The van der Waals surface area contributed by atoms with Crippen LogP contribution in [0.3, 0.4) is 0 Å². The summed E-state index contributed by atoms with van der Waals surface area (Å²) in [5, 5.41) is 0. The lowest BCUT2D eigenvalue weighted by Gasteiger charge is -2.06. The molecular formula is C13H16N2O2S2. The zero-order chi connectivity index (χ0) is 13.7. The molecule has 19 heavy (non-hydrogen) atoms. The molecule has 1 aromatic carbocycles. The van der Waals surface area contributed by atoms with E-state index in [9.17, 15) is 8.42 Å². The SMILES string of the molecule is Cc1ccc(CS(=O)(=O)NCCc2cncs2)cc1. The average Bonchev–Trinajstić information content (AvgIpc) is 2.85. The van der Waals surface area contributed by atoms with E-state index in [4.69, 9.17) is 0 Å². The van der Waals surface area contributed by atoms with Crippen LogP contribution in [0.1, 0.15) is 16.0 Å². The molecule has 1 N–H and O–H groups in total. The van der Waals surface area contributed by atoms with Gasteiger partial charge in [0.25, 0.3) is 0 Å². The predicted octanol–water partition coefficient (Wildman–Crippen LogP) is 2.11. The lowest BCUT2D eigenvalue weighted by atomic mass is 10.2. The highest BCUT2D eigenvalue weighted by Crippen LogP contribution is 2.08. The fourth-order valence-corrected chi connectivity index (χ4v) is 3.40. The maximum Gasteiger partial charge on any atom is 0.215 e. The third-order valence-electron chi connectivity index (χ3n) is 2.65. The molecule has 102 valence electrons. The minimum absolute atomic E-state index is 0.0238. The Morgan fingerprint density at radius 1 is 1.26 bits per heavy atom. The third kappa shape index (κ3) is 4.74. The maximum absolute atomic E-state index is 11.9. The molecule has 0 amide bonds. The van der Waals surface area contributed by atoms with Crippen LogP contribution in [0, 0.1) is 6.92 Å². The minimum Gasteiger partial charge on any atom is -0.253 e. The van der Waals surface area contributed by atoms with Crippen LogP contribution < -0.4 is 4.72 Å². The maximum atomic E-state index is 11.9. The van der Waals surface area contributed by atoms with Gasteiger partial charge in [-0.2, -0.15) is 0 Å². The van der Waals surface area contributed by atoms with Gasteiger partial charge in [-0.3, -0.25) is 4.98 Å². The van der Waals surface area contributed by atoms with Crippen molar-refractivity contribution in [2.45, 2.75) is 19.1 Å². The number of hydrogen-bond acceptors (Lipinski definition) is 4. The summed E-state index contributed by atoms with van der Waals surface area (Å²) in [6.45, 7) is 2.39. The van der Waals surface area contributed by atoms with Gasteiger partial charge in [-0.25, -0.2) is 13.1 Å². The van der Waals surface area contributed by atoms with Crippen molar-refractivity contribution in [1.29, 1.82) is 0 Å². The van der Waals surface area contributed by atoms with Gasteiger partial charge in [0.2, 0.25) is 10.0 Å². The first kappa shape index (κ1) is 14.2. The fourth-order valence-electron chi connectivity index (χ4n) is 1.65. The molecule has 0 spiro atoms. The zero-order valence-electron chi connectivity index (χ0n) is 10.7. The number of nitrogens with zero attached hydrogens (tertiary/aromatic N) is 1. The first-order valence-electron chi connectivity index (χ1n) is 5.95. The fraction of sp³-hybridized carbons (Fsp3) is 0.308. The Hall–Kier alpha value is -1.24. The van der Waals surface area contributed by atoms with Crippen molar-refractivity contribution in [1.82, 2.24) is 9.71 Å². The van der Waals surface area contributed by atoms with Crippen molar-refractivity contribution in [2.24, 2.45) is 0 Å². The molecule has 0 bridgehead atoms. The monoisotopic (exact) mass is 296 g/mol. The number of hydrogen-bond donors (Lipinski definition) is 1. The molecule has 1 aromatic heterocycles. The second kappa shape index (κ2) is 6.27. The molecule has 2 aromatic rings. The number of rotatable bonds is 6. The van der Waals surface area contributed by atoms with Crippen LogP contribution in [-0.2, 0) is 22.2 Å². The number of aromatic nitrogens is 1. The molecule has 6 heteroatoms. The summed E-state index contributed by atoms with van der Waals surface area (Å²) < 4.78 is 26.4. The van der Waals surface area contributed by atoms with Crippen LogP contribution in [0.25, 0.3) is 0 Å². The van der Waals surface area contributed by atoms with E-state index in [1.165, 1.54) is 11.3 Å². The first-order valence-corrected chi connectivity index (χ1v) is 8.48. The van der Waals surface area contributed by atoms with Crippen LogP contribution in [-0.4, -0.2) is 19.9 Å². The van der Waals surface area contributed by atoms with Gasteiger partial charge in [0.15, 0.2) is 0 Å². The zero-order valence-corrected chi connectivity index (χ0v) is 12.3. The van der Waals surface area contributed by atoms with Crippen LogP contribution in [0.2, 0.25) is 0 Å². The summed E-state index contributed by atoms with van der Waals surface area (Å²) in [6, 6.07) is 7.53. The van der Waals surface area contributed by atoms with Gasteiger partial charge in [0, 0.05) is 17.6 Å². The Labute approximate surface area is 117 Å². The van der Waals surface area contributed by atoms with Crippen LogP contribution >= 0.6 is 11.3 Å². The van der Waals surface area contributed by atoms with E-state index in [2.05, 4.69) is 9.71 Å². The topological polar surface area (TPSA) is 59.1 Å². The van der Waals surface area contributed by atoms with Crippen molar-refractivity contribution in [3.8, 4) is 0 Å². The van der Waals surface area contributed by atoms with Gasteiger partial charge in [0.05, 0.1) is 11.3 Å². The highest BCUT2D eigenvalue weighted by molar-refractivity contribution is 7.88. The standard InChI is InChI=1S/C13H16N2O2S2/c1-11-2-4-12(5-3-11)9-19(16,17)15-7-6-13-8-14-10-18-13/h2-5,8,10,15H,6-7,9H2,1H3. The van der Waals surface area contributed by atoms with Crippen molar-refractivity contribution in [3.63, 3.8) is 0 Å². The van der Waals surface area contributed by atoms with Crippen molar-refractivity contribution in [2.75, 3.05) is 6.54 Å². The van der Waals surface area contributed by atoms with Gasteiger partial charge < -0.3 is 0 Å². The summed E-state index contributed by atoms with van der Waals surface area (Å²) in [4.78, 5) is 5.04. The summed E-state index contributed by atoms with van der Waals surface area (Å²) in [7, 11) is -3.27. The molecule has 0 unspecified atom stereocenters. The van der Waals surface area contributed by atoms with E-state index >= 15 is 0 Å². The molecule has 0 atom stereocenters. The van der Waals surface area contributed by atoms with Gasteiger partial charge in [-0.05, 0) is 18.9 Å². The quantitative estimate of drug-likeness (QED) is 0.888. The van der Waals surface area contributed by atoms with Crippen molar-refractivity contribution < 1.29 is 8.42 Å².